The highest BCUT2D eigenvalue weighted by atomic mass is 32.2. The van der Waals surface area contributed by atoms with Crippen molar-refractivity contribution in [1.82, 2.24) is 14.2 Å². The van der Waals surface area contributed by atoms with Crippen molar-refractivity contribution in [2.24, 2.45) is 0 Å². The predicted molar refractivity (Wildman–Crippen MR) is 101 cm³/mol. The number of piperazine rings is 1. The van der Waals surface area contributed by atoms with E-state index in [1.54, 1.807) is 10.4 Å². The normalized spacial score (nSPS) is 16.8. The van der Waals surface area contributed by atoms with E-state index in [0.29, 0.717) is 18.9 Å². The first kappa shape index (κ1) is 17.8. The zero-order valence-electron chi connectivity index (χ0n) is 14.4. The molecule has 1 aliphatic heterocycles. The summed E-state index contributed by atoms with van der Waals surface area (Å²) in [6, 6.07) is 14.0. The fourth-order valence-corrected chi connectivity index (χ4v) is 3.85. The predicted octanol–water partition coefficient (Wildman–Crippen LogP) is 1.45. The molecule has 0 aliphatic carbocycles. The molecule has 0 bridgehead atoms. The van der Waals surface area contributed by atoms with E-state index >= 15 is 0 Å². The molecule has 0 radical (unpaired) electrons. The highest BCUT2D eigenvalue weighted by Crippen LogP contribution is 2.19. The van der Waals surface area contributed by atoms with Gasteiger partial charge in [-0.15, -0.1) is 0 Å². The minimum atomic E-state index is -3.06. The van der Waals surface area contributed by atoms with Crippen LogP contribution in [0.1, 0.15) is 5.56 Å². The number of nitrogen functional groups attached to an aromatic ring is 1. The first-order valence-electron chi connectivity index (χ1n) is 8.41. The van der Waals surface area contributed by atoms with E-state index in [-0.39, 0.29) is 0 Å². The summed E-state index contributed by atoms with van der Waals surface area (Å²) in [7, 11) is -3.06. The van der Waals surface area contributed by atoms with Crippen LogP contribution in [0.2, 0.25) is 0 Å². The highest BCUT2D eigenvalue weighted by Gasteiger charge is 2.22. The van der Waals surface area contributed by atoms with Crippen LogP contribution in [0.15, 0.2) is 42.5 Å². The Hall–Kier alpha value is -1.96. The van der Waals surface area contributed by atoms with E-state index in [4.69, 9.17) is 5.73 Å². The molecule has 1 aromatic carbocycles. The summed E-state index contributed by atoms with van der Waals surface area (Å²) in [6.07, 6.45) is 2.23. The van der Waals surface area contributed by atoms with Crippen LogP contribution in [0.25, 0.3) is 11.3 Å². The second-order valence-corrected chi connectivity index (χ2v) is 8.38. The number of pyridine rings is 1. The fourth-order valence-electron chi connectivity index (χ4n) is 3.03. The second-order valence-electron chi connectivity index (χ2n) is 6.40. The van der Waals surface area contributed by atoms with Gasteiger partial charge in [0, 0.05) is 38.3 Å². The molecule has 1 fully saturated rings. The van der Waals surface area contributed by atoms with Gasteiger partial charge < -0.3 is 10.6 Å². The Labute approximate surface area is 149 Å². The van der Waals surface area contributed by atoms with Gasteiger partial charge in [0.1, 0.15) is 5.82 Å². The molecule has 134 valence electrons. The zero-order valence-corrected chi connectivity index (χ0v) is 15.2. The Bertz CT molecular complexity index is 813. The average molecular weight is 360 g/mol. The molecule has 0 saturated carbocycles. The van der Waals surface area contributed by atoms with E-state index in [1.807, 2.05) is 12.1 Å². The van der Waals surface area contributed by atoms with E-state index in [0.717, 1.165) is 37.3 Å². The maximum atomic E-state index is 11.5. The van der Waals surface area contributed by atoms with Crippen LogP contribution in [0.4, 0.5) is 5.82 Å². The first-order chi connectivity index (χ1) is 11.9. The van der Waals surface area contributed by atoms with Gasteiger partial charge in [-0.25, -0.2) is 13.4 Å². The van der Waals surface area contributed by atoms with E-state index < -0.39 is 10.0 Å². The lowest BCUT2D eigenvalue weighted by molar-refractivity contribution is 0.191. The molecule has 7 heteroatoms. The van der Waals surface area contributed by atoms with Gasteiger partial charge in [0.25, 0.3) is 0 Å². The van der Waals surface area contributed by atoms with Gasteiger partial charge >= 0.3 is 0 Å². The number of rotatable bonds is 5. The molecule has 0 spiro atoms. The third-order valence-corrected chi connectivity index (χ3v) is 5.84. The Morgan fingerprint density at radius 3 is 2.32 bits per heavy atom. The smallest absolute Gasteiger partial charge is 0.211 e. The summed E-state index contributed by atoms with van der Waals surface area (Å²) in [5.41, 5.74) is 8.93. The van der Waals surface area contributed by atoms with Gasteiger partial charge in [-0.05, 0) is 24.1 Å². The van der Waals surface area contributed by atoms with Crippen LogP contribution in [0.5, 0.6) is 0 Å². The average Bonchev–Trinajstić information content (AvgIpc) is 2.60. The number of anilines is 1. The quantitative estimate of drug-likeness (QED) is 0.873. The fraction of sp³-hybridized carbons (Fsp3) is 0.389. The van der Waals surface area contributed by atoms with E-state index in [1.165, 1.54) is 11.8 Å². The third kappa shape index (κ3) is 4.78. The molecule has 6 nitrogen and oxygen atoms in total. The van der Waals surface area contributed by atoms with Crippen LogP contribution in [0, 0.1) is 0 Å². The molecular formula is C18H24N4O2S. The number of hydrogen-bond donors (Lipinski definition) is 1. The molecule has 3 rings (SSSR count). The highest BCUT2D eigenvalue weighted by molar-refractivity contribution is 7.88. The van der Waals surface area contributed by atoms with Crippen molar-refractivity contribution in [3.8, 4) is 11.3 Å². The van der Waals surface area contributed by atoms with Crippen molar-refractivity contribution >= 4 is 15.8 Å². The van der Waals surface area contributed by atoms with Crippen molar-refractivity contribution < 1.29 is 8.42 Å². The molecule has 1 aromatic heterocycles. The lowest BCUT2D eigenvalue weighted by Crippen LogP contribution is -2.48. The maximum absolute atomic E-state index is 11.5. The molecule has 25 heavy (non-hydrogen) atoms. The van der Waals surface area contributed by atoms with Crippen molar-refractivity contribution in [2.75, 3.05) is 44.7 Å². The number of benzene rings is 1. The largest absolute Gasteiger partial charge is 0.384 e. The lowest BCUT2D eigenvalue weighted by Gasteiger charge is -2.33. The van der Waals surface area contributed by atoms with Crippen molar-refractivity contribution in [2.45, 2.75) is 6.42 Å². The van der Waals surface area contributed by atoms with Gasteiger partial charge in [0.15, 0.2) is 0 Å². The Kier molecular flexibility index (Phi) is 5.36. The molecule has 2 aromatic rings. The van der Waals surface area contributed by atoms with Gasteiger partial charge in [0.2, 0.25) is 10.0 Å². The minimum Gasteiger partial charge on any atom is -0.384 e. The summed E-state index contributed by atoms with van der Waals surface area (Å²) in [4.78, 5) is 6.65. The summed E-state index contributed by atoms with van der Waals surface area (Å²) < 4.78 is 24.6. The van der Waals surface area contributed by atoms with E-state index in [2.05, 4.69) is 34.1 Å². The summed E-state index contributed by atoms with van der Waals surface area (Å²) >= 11 is 0. The molecule has 0 atom stereocenters. The maximum Gasteiger partial charge on any atom is 0.211 e. The van der Waals surface area contributed by atoms with Gasteiger partial charge in [-0.2, -0.15) is 4.31 Å². The van der Waals surface area contributed by atoms with Gasteiger partial charge in [-0.1, -0.05) is 30.3 Å². The summed E-state index contributed by atoms with van der Waals surface area (Å²) in [6.45, 7) is 3.68. The molecule has 1 aliphatic rings. The number of nitrogens with two attached hydrogens (primary N) is 1. The monoisotopic (exact) mass is 360 g/mol. The number of hydrogen-bond acceptors (Lipinski definition) is 5. The number of nitrogens with zero attached hydrogens (tertiary/aromatic N) is 3. The van der Waals surface area contributed by atoms with Crippen LogP contribution >= 0.6 is 0 Å². The molecule has 0 amide bonds. The first-order valence-corrected chi connectivity index (χ1v) is 10.3. The van der Waals surface area contributed by atoms with Gasteiger partial charge in [0.05, 0.1) is 11.9 Å². The Morgan fingerprint density at radius 1 is 1.04 bits per heavy atom. The summed E-state index contributed by atoms with van der Waals surface area (Å²) in [5, 5.41) is 0. The van der Waals surface area contributed by atoms with Crippen LogP contribution in [-0.4, -0.2) is 61.6 Å². The Balaban J connectivity index is 1.53. The zero-order chi connectivity index (χ0) is 17.9. The van der Waals surface area contributed by atoms with Crippen LogP contribution < -0.4 is 5.73 Å². The minimum absolute atomic E-state index is 0.523. The second kappa shape index (κ2) is 7.51. The number of aromatic nitrogens is 1. The summed E-state index contributed by atoms with van der Waals surface area (Å²) in [5.74, 6) is 0.523. The standard InChI is InChI=1S/C18H24N4O2S/c1-25(23,24)22-13-11-21(12-14-22)10-9-15-5-7-16(8-6-15)17-3-2-4-18(19)20-17/h2-8H,9-14H2,1H3,(H2,19,20). The van der Waals surface area contributed by atoms with Crippen molar-refractivity contribution in [1.29, 1.82) is 0 Å². The number of sulfonamides is 1. The Morgan fingerprint density at radius 2 is 1.72 bits per heavy atom. The van der Waals surface area contributed by atoms with Gasteiger partial charge in [-0.3, -0.25) is 0 Å². The SMILES string of the molecule is CS(=O)(=O)N1CCN(CCc2ccc(-c3cccc(N)n3)cc2)CC1. The molecule has 2 N–H and O–H groups in total. The molecule has 0 unspecified atom stereocenters. The van der Waals surface area contributed by atoms with Crippen LogP contribution in [-0.2, 0) is 16.4 Å². The topological polar surface area (TPSA) is 79.5 Å². The van der Waals surface area contributed by atoms with Crippen LogP contribution in [0.3, 0.4) is 0 Å². The van der Waals surface area contributed by atoms with E-state index in [9.17, 15) is 8.42 Å². The van der Waals surface area contributed by atoms with Crippen molar-refractivity contribution in [3.05, 3.63) is 48.0 Å². The molecular weight excluding hydrogens is 336 g/mol. The third-order valence-electron chi connectivity index (χ3n) is 4.54. The molecule has 2 heterocycles. The van der Waals surface area contributed by atoms with Crippen molar-refractivity contribution in [3.63, 3.8) is 0 Å². The molecule has 1 saturated heterocycles. The lowest BCUT2D eigenvalue weighted by atomic mass is 10.1.